The smallest absolute Gasteiger partial charge is 0.291 e. The summed E-state index contributed by atoms with van der Waals surface area (Å²) in [5.74, 6) is 1.29. The molecule has 0 saturated heterocycles. The van der Waals surface area contributed by atoms with Gasteiger partial charge in [-0.2, -0.15) is 0 Å². The van der Waals surface area contributed by atoms with E-state index >= 15 is 0 Å². The fourth-order valence-corrected chi connectivity index (χ4v) is 4.65. The standard InChI is InChI=1S/C28H24N2O3S/c1-17-4-12-24-26(14-17)34-28(30-24)20-6-8-21(9-7-20)29-27(31)25-13-11-23(33-25)16-32-22-10-5-18(2)19(3)15-22/h4-15H,16H2,1-3H3,(H,29,31). The van der Waals surface area contributed by atoms with Gasteiger partial charge >= 0.3 is 0 Å². The number of carbonyl (C=O) groups is 1. The van der Waals surface area contributed by atoms with Crippen molar-refractivity contribution in [1.29, 1.82) is 0 Å². The Balaban J connectivity index is 1.22. The molecule has 170 valence electrons. The number of fused-ring (bicyclic) bond motifs is 1. The molecule has 6 heteroatoms. The summed E-state index contributed by atoms with van der Waals surface area (Å²) in [5, 5.41) is 3.84. The number of aryl methyl sites for hydroxylation is 3. The number of nitrogens with one attached hydrogen (secondary N) is 1. The summed E-state index contributed by atoms with van der Waals surface area (Å²) in [6.07, 6.45) is 0. The molecule has 0 aliphatic rings. The molecule has 0 aliphatic carbocycles. The first-order valence-corrected chi connectivity index (χ1v) is 11.8. The highest BCUT2D eigenvalue weighted by Crippen LogP contribution is 2.31. The molecule has 5 aromatic rings. The summed E-state index contributed by atoms with van der Waals surface area (Å²) in [6.45, 7) is 6.44. The van der Waals surface area contributed by atoms with Crippen molar-refractivity contribution in [3.05, 3.63) is 101 Å². The highest BCUT2D eigenvalue weighted by Gasteiger charge is 2.13. The summed E-state index contributed by atoms with van der Waals surface area (Å²) < 4.78 is 12.6. The van der Waals surface area contributed by atoms with E-state index in [9.17, 15) is 4.79 Å². The summed E-state index contributed by atoms with van der Waals surface area (Å²) in [7, 11) is 0. The molecule has 0 unspecified atom stereocenters. The molecule has 1 amide bonds. The summed E-state index contributed by atoms with van der Waals surface area (Å²) in [4.78, 5) is 17.3. The SMILES string of the molecule is Cc1ccc2nc(-c3ccc(NC(=O)c4ccc(COc5ccc(C)c(C)c5)o4)cc3)sc2c1. The Morgan fingerprint density at radius 1 is 0.941 bits per heavy atom. The number of benzene rings is 3. The van der Waals surface area contributed by atoms with Gasteiger partial charge in [0, 0.05) is 11.3 Å². The van der Waals surface area contributed by atoms with Crippen LogP contribution in [0.2, 0.25) is 0 Å². The molecule has 34 heavy (non-hydrogen) atoms. The first kappa shape index (κ1) is 21.9. The van der Waals surface area contributed by atoms with Gasteiger partial charge < -0.3 is 14.5 Å². The second kappa shape index (κ2) is 9.15. The van der Waals surface area contributed by atoms with Gasteiger partial charge in [0.2, 0.25) is 0 Å². The van der Waals surface area contributed by atoms with Gasteiger partial charge in [0.15, 0.2) is 5.76 Å². The molecule has 0 spiro atoms. The minimum Gasteiger partial charge on any atom is -0.486 e. The van der Waals surface area contributed by atoms with E-state index in [0.717, 1.165) is 21.8 Å². The molecule has 0 radical (unpaired) electrons. The Hall–Kier alpha value is -3.90. The number of carbonyl (C=O) groups excluding carboxylic acids is 1. The van der Waals surface area contributed by atoms with Crippen molar-refractivity contribution in [2.75, 3.05) is 5.32 Å². The van der Waals surface area contributed by atoms with Gasteiger partial charge in [-0.25, -0.2) is 4.98 Å². The van der Waals surface area contributed by atoms with E-state index in [0.29, 0.717) is 11.4 Å². The molecule has 0 fully saturated rings. The van der Waals surface area contributed by atoms with Crippen molar-refractivity contribution in [3.63, 3.8) is 0 Å². The maximum Gasteiger partial charge on any atom is 0.291 e. The number of thiazole rings is 1. The Morgan fingerprint density at radius 2 is 1.76 bits per heavy atom. The zero-order chi connectivity index (χ0) is 23.7. The predicted molar refractivity (Wildman–Crippen MR) is 137 cm³/mol. The summed E-state index contributed by atoms with van der Waals surface area (Å²) >= 11 is 1.66. The number of hydrogen-bond acceptors (Lipinski definition) is 5. The maximum atomic E-state index is 12.6. The number of nitrogens with zero attached hydrogens (tertiary/aromatic N) is 1. The first-order valence-electron chi connectivity index (χ1n) is 11.0. The minimum atomic E-state index is -0.305. The number of rotatable bonds is 6. The second-order valence-corrected chi connectivity index (χ2v) is 9.35. The lowest BCUT2D eigenvalue weighted by atomic mass is 10.1. The van der Waals surface area contributed by atoms with E-state index in [-0.39, 0.29) is 18.3 Å². The van der Waals surface area contributed by atoms with Crippen molar-refractivity contribution in [3.8, 4) is 16.3 Å². The molecular weight excluding hydrogens is 444 g/mol. The molecule has 0 saturated carbocycles. The molecule has 0 aliphatic heterocycles. The van der Waals surface area contributed by atoms with Crippen LogP contribution in [0, 0.1) is 20.8 Å². The van der Waals surface area contributed by atoms with Gasteiger partial charge in [0.25, 0.3) is 5.91 Å². The number of amides is 1. The van der Waals surface area contributed by atoms with Crippen LogP contribution in [-0.4, -0.2) is 10.9 Å². The third-order valence-electron chi connectivity index (χ3n) is 5.68. The van der Waals surface area contributed by atoms with E-state index in [1.165, 1.54) is 21.4 Å². The number of hydrogen-bond donors (Lipinski definition) is 1. The number of anilines is 1. The average Bonchev–Trinajstić information content (AvgIpc) is 3.47. The summed E-state index contributed by atoms with van der Waals surface area (Å²) in [5.41, 5.74) is 6.31. The largest absolute Gasteiger partial charge is 0.486 e. The van der Waals surface area contributed by atoms with Crippen LogP contribution >= 0.6 is 11.3 Å². The van der Waals surface area contributed by atoms with Crippen molar-refractivity contribution in [1.82, 2.24) is 4.98 Å². The molecule has 2 aromatic heterocycles. The van der Waals surface area contributed by atoms with Gasteiger partial charge in [-0.15, -0.1) is 11.3 Å². The van der Waals surface area contributed by atoms with Crippen LogP contribution in [0.5, 0.6) is 5.75 Å². The lowest BCUT2D eigenvalue weighted by Gasteiger charge is -2.07. The van der Waals surface area contributed by atoms with E-state index < -0.39 is 0 Å². The first-order chi connectivity index (χ1) is 16.4. The third kappa shape index (κ3) is 4.72. The van der Waals surface area contributed by atoms with E-state index in [4.69, 9.17) is 14.1 Å². The van der Waals surface area contributed by atoms with Crippen molar-refractivity contribution in [2.45, 2.75) is 27.4 Å². The van der Waals surface area contributed by atoms with Gasteiger partial charge in [-0.05, 0) is 98.1 Å². The monoisotopic (exact) mass is 468 g/mol. The molecular formula is C28H24N2O3S. The van der Waals surface area contributed by atoms with Gasteiger partial charge in [0.1, 0.15) is 23.1 Å². The van der Waals surface area contributed by atoms with Crippen LogP contribution in [-0.2, 0) is 6.61 Å². The fourth-order valence-electron chi connectivity index (χ4n) is 3.58. The molecule has 0 bridgehead atoms. The van der Waals surface area contributed by atoms with Crippen LogP contribution in [0.1, 0.15) is 33.0 Å². The van der Waals surface area contributed by atoms with E-state index in [1.807, 2.05) is 55.5 Å². The Morgan fingerprint density at radius 3 is 2.56 bits per heavy atom. The third-order valence-corrected chi connectivity index (χ3v) is 6.75. The van der Waals surface area contributed by atoms with Crippen molar-refractivity contribution < 1.29 is 13.9 Å². The molecule has 5 rings (SSSR count). The average molecular weight is 469 g/mol. The zero-order valence-corrected chi connectivity index (χ0v) is 20.0. The van der Waals surface area contributed by atoms with Gasteiger partial charge in [0.05, 0.1) is 10.2 Å². The van der Waals surface area contributed by atoms with Crippen LogP contribution in [0.4, 0.5) is 5.69 Å². The normalized spacial score (nSPS) is 11.0. The fraction of sp³-hybridized carbons (Fsp3) is 0.143. The number of furan rings is 1. The van der Waals surface area contributed by atoms with Gasteiger partial charge in [-0.1, -0.05) is 12.1 Å². The van der Waals surface area contributed by atoms with Crippen LogP contribution in [0.25, 0.3) is 20.8 Å². The maximum absolute atomic E-state index is 12.6. The van der Waals surface area contributed by atoms with Crippen LogP contribution in [0.15, 0.2) is 77.2 Å². The Kier molecular flexibility index (Phi) is 5.90. The van der Waals surface area contributed by atoms with Crippen molar-refractivity contribution in [2.24, 2.45) is 0 Å². The second-order valence-electron chi connectivity index (χ2n) is 8.32. The zero-order valence-electron chi connectivity index (χ0n) is 19.2. The van der Waals surface area contributed by atoms with E-state index in [1.54, 1.807) is 23.5 Å². The van der Waals surface area contributed by atoms with Crippen LogP contribution < -0.4 is 10.1 Å². The Bertz CT molecular complexity index is 1480. The Labute approximate surface area is 202 Å². The molecule has 3 aromatic carbocycles. The lowest BCUT2D eigenvalue weighted by molar-refractivity contribution is 0.0992. The quantitative estimate of drug-likeness (QED) is 0.284. The van der Waals surface area contributed by atoms with Crippen molar-refractivity contribution >= 4 is 33.1 Å². The highest BCUT2D eigenvalue weighted by atomic mass is 32.1. The molecule has 5 nitrogen and oxygen atoms in total. The predicted octanol–water partition coefficient (Wildman–Crippen LogP) is 7.31. The topological polar surface area (TPSA) is 64.4 Å². The van der Waals surface area contributed by atoms with E-state index in [2.05, 4.69) is 31.3 Å². The summed E-state index contributed by atoms with van der Waals surface area (Å²) in [6, 6.07) is 23.3. The van der Waals surface area contributed by atoms with Crippen LogP contribution in [0.3, 0.4) is 0 Å². The number of aromatic nitrogens is 1. The minimum absolute atomic E-state index is 0.240. The highest BCUT2D eigenvalue weighted by molar-refractivity contribution is 7.21. The molecule has 2 heterocycles. The lowest BCUT2D eigenvalue weighted by Crippen LogP contribution is -2.10. The molecule has 1 N–H and O–H groups in total. The number of ether oxygens (including phenoxy) is 1. The molecule has 0 atom stereocenters. The van der Waals surface area contributed by atoms with Gasteiger partial charge in [-0.3, -0.25) is 4.79 Å².